The van der Waals surface area contributed by atoms with E-state index in [0.717, 1.165) is 11.1 Å². The third-order valence-corrected chi connectivity index (χ3v) is 6.73. The topological polar surface area (TPSA) is 89.0 Å². The molecule has 2 aromatic rings. The Labute approximate surface area is 216 Å². The van der Waals surface area contributed by atoms with Crippen molar-refractivity contribution in [2.24, 2.45) is 11.8 Å². The lowest BCUT2D eigenvalue weighted by atomic mass is 9.84. The van der Waals surface area contributed by atoms with Gasteiger partial charge >= 0.3 is 12.2 Å². The summed E-state index contributed by atoms with van der Waals surface area (Å²) in [6, 6.07) is 12.9. The lowest BCUT2D eigenvalue weighted by Gasteiger charge is -2.29. The highest BCUT2D eigenvalue weighted by Crippen LogP contribution is 2.32. The van der Waals surface area contributed by atoms with E-state index in [4.69, 9.17) is 21.1 Å². The predicted molar refractivity (Wildman–Crippen MR) is 134 cm³/mol. The first kappa shape index (κ1) is 25.9. The minimum atomic E-state index is -0.624. The maximum atomic E-state index is 14.0. The Balaban J connectivity index is 1.56. The summed E-state index contributed by atoms with van der Waals surface area (Å²) in [4.78, 5) is 46.3. The zero-order valence-electron chi connectivity index (χ0n) is 20.9. The Kier molecular flexibility index (Phi) is 7.83. The van der Waals surface area contributed by atoms with Gasteiger partial charge in [0, 0.05) is 25.2 Å². The van der Waals surface area contributed by atoms with Crippen LogP contribution in [-0.4, -0.2) is 64.2 Å². The number of rotatable bonds is 6. The largest absolute Gasteiger partial charge is 0.447 e. The molecular weight excluding hydrogens is 482 g/mol. The number of carbonyl (C=O) groups excluding carboxylic acids is 3. The second kappa shape index (κ2) is 10.9. The number of imide groups is 1. The molecule has 1 aromatic carbocycles. The van der Waals surface area contributed by atoms with E-state index >= 15 is 0 Å². The molecule has 0 bridgehead atoms. The molecule has 3 atom stereocenters. The molecule has 3 heterocycles. The number of pyridine rings is 1. The average Bonchev–Trinajstić information content (AvgIpc) is 3.44. The molecule has 9 heteroatoms. The lowest BCUT2D eigenvalue weighted by Crippen LogP contribution is -2.46. The molecule has 4 rings (SSSR count). The summed E-state index contributed by atoms with van der Waals surface area (Å²) in [6.07, 6.45) is 2.09. The number of hydrogen-bond donors (Lipinski definition) is 0. The van der Waals surface area contributed by atoms with Crippen LogP contribution >= 0.6 is 11.6 Å². The van der Waals surface area contributed by atoms with Crippen molar-refractivity contribution in [1.82, 2.24) is 14.8 Å². The Bertz CT molecular complexity index is 1100. The number of cyclic esters (lactones) is 1. The highest BCUT2D eigenvalue weighted by molar-refractivity contribution is 6.29. The van der Waals surface area contributed by atoms with Crippen LogP contribution in [0.5, 0.6) is 0 Å². The van der Waals surface area contributed by atoms with Crippen LogP contribution in [0, 0.1) is 11.8 Å². The number of likely N-dealkylation sites (tertiary alicyclic amines) is 1. The van der Waals surface area contributed by atoms with Crippen molar-refractivity contribution in [2.75, 3.05) is 19.7 Å². The van der Waals surface area contributed by atoms with Crippen molar-refractivity contribution in [3.63, 3.8) is 0 Å². The Morgan fingerprint density at radius 3 is 2.64 bits per heavy atom. The summed E-state index contributed by atoms with van der Waals surface area (Å²) in [5.74, 6) is -0.982. The van der Waals surface area contributed by atoms with Crippen LogP contribution in [-0.2, 0) is 27.1 Å². The summed E-state index contributed by atoms with van der Waals surface area (Å²) in [7, 11) is 0. The van der Waals surface area contributed by atoms with Crippen molar-refractivity contribution >= 4 is 29.7 Å². The van der Waals surface area contributed by atoms with E-state index in [1.807, 2.05) is 57.2 Å². The van der Waals surface area contributed by atoms with Gasteiger partial charge in [0.05, 0.1) is 6.04 Å². The molecule has 36 heavy (non-hydrogen) atoms. The minimum Gasteiger partial charge on any atom is -0.447 e. The Morgan fingerprint density at radius 2 is 1.94 bits per heavy atom. The molecule has 1 aromatic heterocycles. The van der Waals surface area contributed by atoms with Crippen molar-refractivity contribution in [1.29, 1.82) is 0 Å². The van der Waals surface area contributed by atoms with E-state index in [2.05, 4.69) is 4.98 Å². The number of nitrogens with zero attached hydrogens (tertiary/aromatic N) is 3. The normalized spacial score (nSPS) is 20.8. The second-order valence-corrected chi connectivity index (χ2v) is 10.8. The van der Waals surface area contributed by atoms with Gasteiger partial charge in [-0.2, -0.15) is 0 Å². The van der Waals surface area contributed by atoms with Crippen molar-refractivity contribution in [2.45, 2.75) is 51.7 Å². The van der Waals surface area contributed by atoms with Gasteiger partial charge in [0.1, 0.15) is 17.4 Å². The van der Waals surface area contributed by atoms with E-state index in [1.165, 1.54) is 4.90 Å². The molecule has 3 amide bonds. The summed E-state index contributed by atoms with van der Waals surface area (Å²) in [5, 5.41) is 0.336. The number of amides is 3. The number of ether oxygens (including phenoxy) is 2. The number of aromatic nitrogens is 1. The first-order valence-electron chi connectivity index (χ1n) is 12.2. The molecule has 2 aliphatic heterocycles. The molecule has 2 fully saturated rings. The van der Waals surface area contributed by atoms with Gasteiger partial charge in [-0.05, 0) is 69.2 Å². The minimum absolute atomic E-state index is 0.150. The number of hydrogen-bond acceptors (Lipinski definition) is 6. The van der Waals surface area contributed by atoms with Gasteiger partial charge in [-0.15, -0.1) is 0 Å². The molecule has 0 aliphatic carbocycles. The molecule has 0 radical (unpaired) electrons. The predicted octanol–water partition coefficient (Wildman–Crippen LogP) is 4.74. The van der Waals surface area contributed by atoms with E-state index in [-0.39, 0.29) is 24.5 Å². The smallest absolute Gasteiger partial charge is 0.416 e. The van der Waals surface area contributed by atoms with Crippen LogP contribution in [0.1, 0.15) is 38.3 Å². The Morgan fingerprint density at radius 1 is 1.19 bits per heavy atom. The first-order valence-corrected chi connectivity index (χ1v) is 12.6. The van der Waals surface area contributed by atoms with E-state index in [1.54, 1.807) is 17.2 Å². The van der Waals surface area contributed by atoms with Gasteiger partial charge in [-0.3, -0.25) is 4.79 Å². The molecule has 0 saturated carbocycles. The van der Waals surface area contributed by atoms with Gasteiger partial charge in [0.2, 0.25) is 5.91 Å². The molecule has 192 valence electrons. The van der Waals surface area contributed by atoms with E-state index in [0.29, 0.717) is 37.5 Å². The van der Waals surface area contributed by atoms with Crippen molar-refractivity contribution in [3.8, 4) is 0 Å². The monoisotopic (exact) mass is 513 g/mol. The fourth-order valence-corrected chi connectivity index (χ4v) is 5.03. The summed E-state index contributed by atoms with van der Waals surface area (Å²) >= 11 is 6.11. The molecule has 2 aliphatic rings. The summed E-state index contributed by atoms with van der Waals surface area (Å²) in [6.45, 7) is 6.48. The van der Waals surface area contributed by atoms with Crippen LogP contribution in [0.25, 0.3) is 0 Å². The van der Waals surface area contributed by atoms with E-state index in [9.17, 15) is 14.4 Å². The van der Waals surface area contributed by atoms with Crippen LogP contribution in [0.4, 0.5) is 9.59 Å². The van der Waals surface area contributed by atoms with Crippen molar-refractivity contribution < 1.29 is 23.9 Å². The zero-order valence-corrected chi connectivity index (χ0v) is 21.6. The average molecular weight is 514 g/mol. The maximum Gasteiger partial charge on any atom is 0.416 e. The van der Waals surface area contributed by atoms with Gasteiger partial charge in [-0.1, -0.05) is 41.9 Å². The fraction of sp³-hybridized carbons (Fsp3) is 0.481. The molecule has 8 nitrogen and oxygen atoms in total. The maximum absolute atomic E-state index is 14.0. The molecule has 2 saturated heterocycles. The highest BCUT2D eigenvalue weighted by atomic mass is 35.5. The first-order chi connectivity index (χ1) is 17.1. The number of halogens is 1. The quantitative estimate of drug-likeness (QED) is 0.518. The van der Waals surface area contributed by atoms with Gasteiger partial charge in [0.25, 0.3) is 0 Å². The number of carbonyl (C=O) groups is 3. The SMILES string of the molecule is CC(C)(C)OC(=O)N1CC[C@H]([C@H](Cc2ccnc(Cl)c2)C(=O)N2C(=O)OC[C@@H]2Cc2ccccc2)C1. The van der Waals surface area contributed by atoms with Crippen LogP contribution in [0.2, 0.25) is 5.15 Å². The Hall–Kier alpha value is -3.13. The third kappa shape index (κ3) is 6.35. The van der Waals surface area contributed by atoms with E-state index < -0.39 is 23.7 Å². The zero-order chi connectivity index (χ0) is 25.9. The highest BCUT2D eigenvalue weighted by Gasteiger charge is 2.45. The van der Waals surface area contributed by atoms with Crippen LogP contribution < -0.4 is 0 Å². The van der Waals surface area contributed by atoms with Gasteiger partial charge in [-0.25, -0.2) is 19.5 Å². The standard InChI is InChI=1S/C27H32ClN3O5/c1-27(2,3)36-25(33)30-12-10-20(16-30)22(14-19-9-11-29-23(28)15-19)24(32)31-21(17-35-26(31)34)13-18-7-5-4-6-8-18/h4-9,11,15,20-22H,10,12-14,16-17H2,1-3H3/t20-,21-,22-/m0/s1. The molecule has 0 N–H and O–H groups in total. The van der Waals surface area contributed by atoms with Crippen LogP contribution in [0.3, 0.4) is 0 Å². The van der Waals surface area contributed by atoms with Crippen LogP contribution in [0.15, 0.2) is 48.7 Å². The summed E-state index contributed by atoms with van der Waals surface area (Å²) in [5.41, 5.74) is 1.26. The molecule has 0 unspecified atom stereocenters. The van der Waals surface area contributed by atoms with Gasteiger partial charge < -0.3 is 14.4 Å². The number of benzene rings is 1. The van der Waals surface area contributed by atoms with Crippen molar-refractivity contribution in [3.05, 3.63) is 64.9 Å². The fourth-order valence-electron chi connectivity index (χ4n) is 4.83. The second-order valence-electron chi connectivity index (χ2n) is 10.4. The lowest BCUT2D eigenvalue weighted by molar-refractivity contribution is -0.135. The molecule has 0 spiro atoms. The summed E-state index contributed by atoms with van der Waals surface area (Å²) < 4.78 is 10.9. The van der Waals surface area contributed by atoms with Gasteiger partial charge in [0.15, 0.2) is 0 Å². The molecular formula is C27H32ClN3O5. The third-order valence-electron chi connectivity index (χ3n) is 6.52.